The van der Waals surface area contributed by atoms with E-state index in [1.807, 2.05) is 25.1 Å². The summed E-state index contributed by atoms with van der Waals surface area (Å²) in [6, 6.07) is 8.14. The molecule has 2 saturated heterocycles. The van der Waals surface area contributed by atoms with Gasteiger partial charge >= 0.3 is 5.97 Å². The summed E-state index contributed by atoms with van der Waals surface area (Å²) in [7, 11) is 1.42. The minimum absolute atomic E-state index is 0.0467. The van der Waals surface area contributed by atoms with Gasteiger partial charge in [0.25, 0.3) is 0 Å². The summed E-state index contributed by atoms with van der Waals surface area (Å²) in [4.78, 5) is 13.5. The molecule has 3 fully saturated rings. The molecule has 1 aromatic rings. The highest BCUT2D eigenvalue weighted by atomic mass is 16.5. The Morgan fingerprint density at radius 1 is 1.44 bits per heavy atom. The number of methoxy groups -OCH3 is 1. The lowest BCUT2D eigenvalue weighted by molar-refractivity contribution is -0.192. The van der Waals surface area contributed by atoms with Crippen LogP contribution in [0, 0.1) is 11.3 Å². The molecule has 3 N–H and O–H groups in total. The molecular formula is C21H26N2O4. The molecule has 5 atom stereocenters. The highest BCUT2D eigenvalue weighted by Gasteiger charge is 2.81. The van der Waals surface area contributed by atoms with Crippen LogP contribution in [-0.4, -0.2) is 49.7 Å². The number of hydrogen-bond acceptors (Lipinski definition) is 6. The summed E-state index contributed by atoms with van der Waals surface area (Å²) in [5.74, 6) is -0.433. The minimum atomic E-state index is -1.09. The Morgan fingerprint density at radius 2 is 2.26 bits per heavy atom. The monoisotopic (exact) mass is 370 g/mol. The van der Waals surface area contributed by atoms with E-state index in [2.05, 4.69) is 22.8 Å². The summed E-state index contributed by atoms with van der Waals surface area (Å²) in [6.07, 6.45) is 3.46. The van der Waals surface area contributed by atoms with E-state index in [4.69, 9.17) is 9.47 Å². The van der Waals surface area contributed by atoms with Gasteiger partial charge in [0.2, 0.25) is 0 Å². The van der Waals surface area contributed by atoms with Crippen molar-refractivity contribution in [2.24, 2.45) is 11.3 Å². The maximum Gasteiger partial charge on any atom is 0.315 e. The largest absolute Gasteiger partial charge is 0.468 e. The normalized spacial score (nSPS) is 42.9. The summed E-state index contributed by atoms with van der Waals surface area (Å²) < 4.78 is 11.8. The second-order valence-corrected chi connectivity index (χ2v) is 8.12. The standard InChI is InChI=1S/C21H26N2O4/c1-3-13-11-22-17-10-15(13)19(12-24,18(25)26-2)20-8-9-27-21(17,20)23-16-7-5-4-6-14(16)20/h3-7,15,17,22-24H,8-12H2,1-2H3. The van der Waals surface area contributed by atoms with Crippen molar-refractivity contribution in [3.05, 3.63) is 41.5 Å². The minimum Gasteiger partial charge on any atom is -0.468 e. The number of anilines is 1. The van der Waals surface area contributed by atoms with E-state index in [-0.39, 0.29) is 24.5 Å². The van der Waals surface area contributed by atoms with Gasteiger partial charge in [-0.2, -0.15) is 0 Å². The number of hydrogen-bond donors (Lipinski definition) is 3. The number of allylic oxidation sites excluding steroid dienone is 1. The first-order valence-electron chi connectivity index (χ1n) is 9.70. The third-order valence-corrected chi connectivity index (χ3v) is 7.64. The van der Waals surface area contributed by atoms with Gasteiger partial charge in [-0.1, -0.05) is 29.8 Å². The second-order valence-electron chi connectivity index (χ2n) is 8.12. The van der Waals surface area contributed by atoms with Crippen LogP contribution in [0.15, 0.2) is 35.9 Å². The van der Waals surface area contributed by atoms with Gasteiger partial charge in [0.1, 0.15) is 5.41 Å². The lowest BCUT2D eigenvalue weighted by Gasteiger charge is -2.62. The van der Waals surface area contributed by atoms with Crippen LogP contribution >= 0.6 is 0 Å². The highest BCUT2D eigenvalue weighted by Crippen LogP contribution is 2.70. The predicted octanol–water partition coefficient (Wildman–Crippen LogP) is 1.56. The van der Waals surface area contributed by atoms with Crippen LogP contribution < -0.4 is 10.6 Å². The molecule has 0 aromatic heterocycles. The van der Waals surface area contributed by atoms with Gasteiger partial charge in [0, 0.05) is 18.2 Å². The van der Waals surface area contributed by atoms with Crippen molar-refractivity contribution < 1.29 is 19.4 Å². The van der Waals surface area contributed by atoms with E-state index in [0.717, 1.165) is 23.2 Å². The molecule has 4 aliphatic rings. The average molecular weight is 370 g/mol. The molecule has 0 radical (unpaired) electrons. The molecule has 0 amide bonds. The first-order chi connectivity index (χ1) is 13.1. The molecule has 3 aliphatic heterocycles. The van der Waals surface area contributed by atoms with Crippen LogP contribution in [0.5, 0.6) is 0 Å². The van der Waals surface area contributed by atoms with Crippen molar-refractivity contribution in [2.45, 2.75) is 36.9 Å². The molecule has 1 aromatic carbocycles. The number of fused-ring (bicyclic) bond motifs is 3. The number of aliphatic hydroxyl groups is 1. The Kier molecular flexibility index (Phi) is 3.55. The predicted molar refractivity (Wildman–Crippen MR) is 100 cm³/mol. The van der Waals surface area contributed by atoms with Crippen molar-refractivity contribution >= 4 is 11.7 Å². The van der Waals surface area contributed by atoms with E-state index < -0.39 is 16.6 Å². The van der Waals surface area contributed by atoms with Crippen molar-refractivity contribution in [1.82, 2.24) is 5.32 Å². The Balaban J connectivity index is 1.87. The molecule has 6 heteroatoms. The summed E-state index contributed by atoms with van der Waals surface area (Å²) >= 11 is 0. The fourth-order valence-corrected chi connectivity index (χ4v) is 6.67. The van der Waals surface area contributed by atoms with Gasteiger partial charge in [0.05, 0.1) is 31.8 Å². The molecule has 2 bridgehead atoms. The van der Waals surface area contributed by atoms with Crippen LogP contribution in [0.2, 0.25) is 0 Å². The summed E-state index contributed by atoms with van der Waals surface area (Å²) in [5, 5.41) is 18.1. The van der Waals surface area contributed by atoms with Crippen LogP contribution in [0.25, 0.3) is 0 Å². The van der Waals surface area contributed by atoms with Crippen LogP contribution in [-0.2, 0) is 19.7 Å². The Hall–Kier alpha value is -1.89. The zero-order valence-electron chi connectivity index (χ0n) is 15.7. The number of carbonyl (C=O) groups excluding carboxylic acids is 1. The van der Waals surface area contributed by atoms with Gasteiger partial charge in [-0.3, -0.25) is 4.79 Å². The van der Waals surface area contributed by atoms with Crippen molar-refractivity contribution in [2.75, 3.05) is 32.2 Å². The van der Waals surface area contributed by atoms with Crippen LogP contribution in [0.1, 0.15) is 25.3 Å². The van der Waals surface area contributed by atoms with E-state index >= 15 is 0 Å². The quantitative estimate of drug-likeness (QED) is 0.542. The van der Waals surface area contributed by atoms with Crippen LogP contribution in [0.4, 0.5) is 5.69 Å². The van der Waals surface area contributed by atoms with E-state index in [1.165, 1.54) is 7.11 Å². The molecule has 6 nitrogen and oxygen atoms in total. The molecule has 5 rings (SSSR count). The number of para-hydroxylation sites is 1. The lowest BCUT2D eigenvalue weighted by Crippen LogP contribution is -2.78. The van der Waals surface area contributed by atoms with Crippen molar-refractivity contribution in [3.8, 4) is 0 Å². The smallest absolute Gasteiger partial charge is 0.315 e. The molecule has 1 saturated carbocycles. The molecule has 0 spiro atoms. The maximum absolute atomic E-state index is 13.5. The number of aliphatic hydroxyl groups excluding tert-OH is 1. The third-order valence-electron chi connectivity index (χ3n) is 7.64. The Morgan fingerprint density at radius 3 is 3.00 bits per heavy atom. The highest BCUT2D eigenvalue weighted by molar-refractivity contribution is 5.85. The molecule has 144 valence electrons. The number of ether oxygens (including phenoxy) is 2. The summed E-state index contributed by atoms with van der Waals surface area (Å²) in [5.41, 5.74) is 0.658. The molecule has 3 heterocycles. The number of piperidine rings is 1. The lowest BCUT2D eigenvalue weighted by atomic mass is 9.44. The second kappa shape index (κ2) is 5.56. The topological polar surface area (TPSA) is 79.8 Å². The van der Waals surface area contributed by atoms with Gasteiger partial charge in [-0.15, -0.1) is 0 Å². The molecule has 5 unspecified atom stereocenters. The first-order valence-corrected chi connectivity index (χ1v) is 9.70. The number of rotatable bonds is 2. The fourth-order valence-electron chi connectivity index (χ4n) is 6.67. The average Bonchev–Trinajstić information content (AvgIpc) is 3.22. The van der Waals surface area contributed by atoms with Crippen molar-refractivity contribution in [3.63, 3.8) is 0 Å². The van der Waals surface area contributed by atoms with E-state index in [1.54, 1.807) is 0 Å². The van der Waals surface area contributed by atoms with Crippen molar-refractivity contribution in [1.29, 1.82) is 0 Å². The van der Waals surface area contributed by atoms with Gasteiger partial charge in [-0.25, -0.2) is 0 Å². The summed E-state index contributed by atoms with van der Waals surface area (Å²) in [6.45, 7) is 2.96. The maximum atomic E-state index is 13.5. The van der Waals surface area contributed by atoms with Gasteiger partial charge in [-0.05, 0) is 31.4 Å². The van der Waals surface area contributed by atoms with Gasteiger partial charge in [0.15, 0.2) is 5.72 Å². The van der Waals surface area contributed by atoms with E-state index in [0.29, 0.717) is 19.6 Å². The number of nitrogens with one attached hydrogen (secondary N) is 2. The SMILES string of the molecule is CC=C1CNC2CC1C(CO)(C(=O)OC)C13CCOC21Nc1ccccc13. The number of benzene rings is 1. The Bertz CT molecular complexity index is 839. The zero-order valence-corrected chi connectivity index (χ0v) is 15.7. The Labute approximate surface area is 158 Å². The zero-order chi connectivity index (χ0) is 18.9. The molecular weight excluding hydrogens is 344 g/mol. The third kappa shape index (κ3) is 1.67. The van der Waals surface area contributed by atoms with E-state index in [9.17, 15) is 9.90 Å². The first kappa shape index (κ1) is 17.2. The fraction of sp³-hybridized carbons (Fsp3) is 0.571. The van der Waals surface area contributed by atoms with Gasteiger partial charge < -0.3 is 25.2 Å². The van der Waals surface area contributed by atoms with Crippen LogP contribution in [0.3, 0.4) is 0 Å². The number of esters is 1. The molecule has 1 aliphatic carbocycles. The molecule has 27 heavy (non-hydrogen) atoms. The number of carbonyl (C=O) groups is 1.